The number of nitrogens with one attached hydrogen (secondary N) is 2. The Hall–Kier alpha value is -0.810. The SMILES string of the molecule is CCC(C)OC(=O)NNCCCO. The summed E-state index contributed by atoms with van der Waals surface area (Å²) in [5.74, 6) is 0. The zero-order valence-electron chi connectivity index (χ0n) is 8.17. The Labute approximate surface area is 78.4 Å². The molecule has 5 heteroatoms. The van der Waals surface area contributed by atoms with Gasteiger partial charge in [-0.05, 0) is 19.8 Å². The molecule has 0 aromatic carbocycles. The maximum atomic E-state index is 10.9. The van der Waals surface area contributed by atoms with Crippen LogP contribution >= 0.6 is 0 Å². The highest BCUT2D eigenvalue weighted by Crippen LogP contribution is 1.94. The van der Waals surface area contributed by atoms with E-state index in [2.05, 4.69) is 10.9 Å². The topological polar surface area (TPSA) is 70.6 Å². The van der Waals surface area contributed by atoms with Gasteiger partial charge in [0.15, 0.2) is 0 Å². The molecule has 0 rings (SSSR count). The molecule has 13 heavy (non-hydrogen) atoms. The van der Waals surface area contributed by atoms with E-state index >= 15 is 0 Å². The molecule has 0 aromatic rings. The Balaban J connectivity index is 3.30. The van der Waals surface area contributed by atoms with Crippen LogP contribution in [-0.2, 0) is 4.74 Å². The standard InChI is InChI=1S/C8H18N2O3/c1-3-7(2)13-8(12)10-9-5-4-6-11/h7,9,11H,3-6H2,1-2H3,(H,10,12). The molecular formula is C8H18N2O3. The molecule has 0 spiro atoms. The molecule has 0 aromatic heterocycles. The molecular weight excluding hydrogens is 172 g/mol. The van der Waals surface area contributed by atoms with E-state index in [-0.39, 0.29) is 12.7 Å². The molecule has 0 heterocycles. The minimum absolute atomic E-state index is 0.0698. The van der Waals surface area contributed by atoms with E-state index in [0.717, 1.165) is 6.42 Å². The molecule has 0 aliphatic rings. The van der Waals surface area contributed by atoms with Crippen LogP contribution in [0.4, 0.5) is 4.79 Å². The van der Waals surface area contributed by atoms with Crippen molar-refractivity contribution in [2.24, 2.45) is 0 Å². The van der Waals surface area contributed by atoms with E-state index in [1.165, 1.54) is 0 Å². The largest absolute Gasteiger partial charge is 0.446 e. The van der Waals surface area contributed by atoms with Crippen LogP contribution < -0.4 is 10.9 Å². The monoisotopic (exact) mass is 190 g/mol. The van der Waals surface area contributed by atoms with Crippen LogP contribution in [0.25, 0.3) is 0 Å². The Morgan fingerprint density at radius 1 is 1.62 bits per heavy atom. The van der Waals surface area contributed by atoms with Crippen LogP contribution in [0.5, 0.6) is 0 Å². The van der Waals surface area contributed by atoms with Crippen LogP contribution in [0.3, 0.4) is 0 Å². The number of rotatable bonds is 6. The summed E-state index contributed by atoms with van der Waals surface area (Å²) in [5, 5.41) is 8.43. The lowest BCUT2D eigenvalue weighted by molar-refractivity contribution is 0.100. The van der Waals surface area contributed by atoms with Crippen molar-refractivity contribution < 1.29 is 14.6 Å². The second kappa shape index (κ2) is 7.82. The number of hydrogen-bond donors (Lipinski definition) is 3. The average Bonchev–Trinajstić information content (AvgIpc) is 2.12. The van der Waals surface area contributed by atoms with Crippen LogP contribution in [-0.4, -0.2) is 30.5 Å². The summed E-state index contributed by atoms with van der Waals surface area (Å²) in [4.78, 5) is 10.9. The molecule has 5 nitrogen and oxygen atoms in total. The Morgan fingerprint density at radius 2 is 2.31 bits per heavy atom. The molecule has 1 atom stereocenters. The Bertz CT molecular complexity index is 141. The maximum absolute atomic E-state index is 10.9. The van der Waals surface area contributed by atoms with Crippen LogP contribution in [0.1, 0.15) is 26.7 Å². The first-order valence-electron chi connectivity index (χ1n) is 4.51. The number of amides is 1. The van der Waals surface area contributed by atoms with Crippen LogP contribution in [0, 0.1) is 0 Å². The molecule has 1 amide bonds. The minimum atomic E-state index is -0.479. The number of aliphatic hydroxyl groups is 1. The number of hydrazine groups is 1. The third-order valence-corrected chi connectivity index (χ3v) is 1.53. The lowest BCUT2D eigenvalue weighted by Crippen LogP contribution is -2.39. The van der Waals surface area contributed by atoms with Gasteiger partial charge >= 0.3 is 6.09 Å². The fraction of sp³-hybridized carbons (Fsp3) is 0.875. The van der Waals surface area contributed by atoms with Crippen LogP contribution in [0.15, 0.2) is 0 Å². The van der Waals surface area contributed by atoms with Gasteiger partial charge in [-0.1, -0.05) is 6.92 Å². The van der Waals surface area contributed by atoms with Gasteiger partial charge in [0, 0.05) is 13.2 Å². The van der Waals surface area contributed by atoms with Gasteiger partial charge < -0.3 is 9.84 Å². The van der Waals surface area contributed by atoms with Gasteiger partial charge in [-0.15, -0.1) is 0 Å². The molecule has 0 saturated heterocycles. The number of aliphatic hydroxyl groups excluding tert-OH is 1. The highest BCUT2D eigenvalue weighted by molar-refractivity contribution is 5.66. The molecule has 0 fully saturated rings. The maximum Gasteiger partial charge on any atom is 0.421 e. The summed E-state index contributed by atoms with van der Waals surface area (Å²) in [6.07, 6.45) is 0.847. The number of carbonyl (C=O) groups excluding carboxylic acids is 1. The van der Waals surface area contributed by atoms with Crippen molar-refractivity contribution in [3.8, 4) is 0 Å². The Kier molecular flexibility index (Phi) is 7.33. The highest BCUT2D eigenvalue weighted by atomic mass is 16.6. The average molecular weight is 190 g/mol. The van der Waals surface area contributed by atoms with E-state index < -0.39 is 6.09 Å². The first-order chi connectivity index (χ1) is 6.20. The predicted molar refractivity (Wildman–Crippen MR) is 49.1 cm³/mol. The smallest absolute Gasteiger partial charge is 0.421 e. The third-order valence-electron chi connectivity index (χ3n) is 1.53. The summed E-state index contributed by atoms with van der Waals surface area (Å²) in [5.41, 5.74) is 4.99. The number of carbonyl (C=O) groups is 1. The van der Waals surface area contributed by atoms with Crippen molar-refractivity contribution in [1.29, 1.82) is 0 Å². The molecule has 3 N–H and O–H groups in total. The van der Waals surface area contributed by atoms with Gasteiger partial charge in [-0.2, -0.15) is 0 Å². The highest BCUT2D eigenvalue weighted by Gasteiger charge is 2.05. The van der Waals surface area contributed by atoms with Gasteiger partial charge in [0.05, 0.1) is 0 Å². The van der Waals surface area contributed by atoms with Gasteiger partial charge in [0.2, 0.25) is 0 Å². The third kappa shape index (κ3) is 7.55. The zero-order chi connectivity index (χ0) is 10.1. The van der Waals surface area contributed by atoms with E-state index in [9.17, 15) is 4.79 Å². The van der Waals surface area contributed by atoms with Gasteiger partial charge in [0.1, 0.15) is 6.10 Å². The van der Waals surface area contributed by atoms with Gasteiger partial charge in [-0.3, -0.25) is 5.43 Å². The van der Waals surface area contributed by atoms with Crippen molar-refractivity contribution >= 4 is 6.09 Å². The summed E-state index contributed by atoms with van der Waals surface area (Å²) < 4.78 is 4.90. The van der Waals surface area contributed by atoms with Gasteiger partial charge in [-0.25, -0.2) is 10.2 Å². The van der Waals surface area contributed by atoms with Crippen molar-refractivity contribution in [2.45, 2.75) is 32.8 Å². The summed E-state index contributed by atoms with van der Waals surface area (Å²) in [7, 11) is 0. The predicted octanol–water partition coefficient (Wildman–Crippen LogP) is 0.398. The minimum Gasteiger partial charge on any atom is -0.446 e. The summed E-state index contributed by atoms with van der Waals surface area (Å²) in [6, 6.07) is 0. The van der Waals surface area contributed by atoms with E-state index in [4.69, 9.17) is 9.84 Å². The normalized spacial score (nSPS) is 12.2. The zero-order valence-corrected chi connectivity index (χ0v) is 8.17. The molecule has 78 valence electrons. The second-order valence-electron chi connectivity index (χ2n) is 2.75. The molecule has 0 radical (unpaired) electrons. The molecule has 0 aliphatic carbocycles. The van der Waals surface area contributed by atoms with E-state index in [1.54, 1.807) is 0 Å². The molecule has 0 aliphatic heterocycles. The molecule has 1 unspecified atom stereocenters. The first kappa shape index (κ1) is 12.2. The Morgan fingerprint density at radius 3 is 2.85 bits per heavy atom. The summed E-state index contributed by atoms with van der Waals surface area (Å²) in [6.45, 7) is 4.41. The van der Waals surface area contributed by atoms with Crippen molar-refractivity contribution in [3.63, 3.8) is 0 Å². The fourth-order valence-electron chi connectivity index (χ4n) is 0.598. The second-order valence-corrected chi connectivity index (χ2v) is 2.75. The lowest BCUT2D eigenvalue weighted by Gasteiger charge is -2.11. The molecule has 0 saturated carbocycles. The van der Waals surface area contributed by atoms with Crippen molar-refractivity contribution in [3.05, 3.63) is 0 Å². The van der Waals surface area contributed by atoms with Crippen molar-refractivity contribution in [1.82, 2.24) is 10.9 Å². The van der Waals surface area contributed by atoms with Crippen molar-refractivity contribution in [2.75, 3.05) is 13.2 Å². The van der Waals surface area contributed by atoms with Crippen LogP contribution in [0.2, 0.25) is 0 Å². The fourth-order valence-corrected chi connectivity index (χ4v) is 0.598. The number of hydrogen-bond acceptors (Lipinski definition) is 4. The lowest BCUT2D eigenvalue weighted by atomic mass is 10.3. The van der Waals surface area contributed by atoms with E-state index in [1.807, 2.05) is 13.8 Å². The quantitative estimate of drug-likeness (QED) is 0.419. The summed E-state index contributed by atoms with van der Waals surface area (Å²) >= 11 is 0. The van der Waals surface area contributed by atoms with Gasteiger partial charge in [0.25, 0.3) is 0 Å². The van der Waals surface area contributed by atoms with E-state index in [0.29, 0.717) is 13.0 Å². The molecule has 0 bridgehead atoms. The number of ether oxygens (including phenoxy) is 1. The first-order valence-corrected chi connectivity index (χ1v) is 4.51.